The van der Waals surface area contributed by atoms with Crippen LogP contribution in [0.25, 0.3) is 11.1 Å². The first kappa shape index (κ1) is 38.1. The number of nitrogens with zero attached hydrogens (tertiary/aromatic N) is 3. The largest absolute Gasteiger partial charge is 0.348 e. The maximum Gasteiger partial charge on any atom is 0.251 e. The maximum atomic E-state index is 14.9. The highest BCUT2D eigenvalue weighted by Crippen LogP contribution is 2.26. The Hall–Kier alpha value is -3.10. The molecule has 248 valence electrons. The summed E-state index contributed by atoms with van der Waals surface area (Å²) in [5.41, 5.74) is 5.21. The zero-order chi connectivity index (χ0) is 33.4. The van der Waals surface area contributed by atoms with Crippen LogP contribution in [-0.2, 0) is 19.6 Å². The molecule has 2 N–H and O–H groups in total. The van der Waals surface area contributed by atoms with Gasteiger partial charge in [0.1, 0.15) is 5.82 Å². The Balaban J connectivity index is 0.00000169. The molecular weight excluding hydrogens is 561 g/mol. The number of hydrogen-bond donors (Lipinski definition) is 2. The number of carbonyl (C=O) groups excluding carboxylic acids is 1. The van der Waals surface area contributed by atoms with Gasteiger partial charge in [-0.15, -0.1) is 0 Å². The van der Waals surface area contributed by atoms with Crippen LogP contribution < -0.4 is 10.6 Å². The summed E-state index contributed by atoms with van der Waals surface area (Å²) in [6, 6.07) is 21.5. The molecule has 0 bridgehead atoms. The number of rotatable bonds is 12. The summed E-state index contributed by atoms with van der Waals surface area (Å²) in [6.07, 6.45) is 1.12. The lowest BCUT2D eigenvalue weighted by atomic mass is 10.00. The van der Waals surface area contributed by atoms with Gasteiger partial charge >= 0.3 is 0 Å². The minimum atomic E-state index is -0.258. The van der Waals surface area contributed by atoms with E-state index in [9.17, 15) is 9.18 Å². The number of benzene rings is 3. The smallest absolute Gasteiger partial charge is 0.251 e. The summed E-state index contributed by atoms with van der Waals surface area (Å²) in [5, 5.41) is 6.50. The Morgan fingerprint density at radius 2 is 1.69 bits per heavy atom. The number of quaternary nitrogens is 1. The van der Waals surface area contributed by atoms with Crippen LogP contribution >= 0.6 is 0 Å². The lowest BCUT2D eigenvalue weighted by Crippen LogP contribution is -2.48. The maximum absolute atomic E-state index is 14.9. The first-order chi connectivity index (χ1) is 21.6. The summed E-state index contributed by atoms with van der Waals surface area (Å²) in [4.78, 5) is 17.7. The molecule has 0 radical (unpaired) electrons. The van der Waals surface area contributed by atoms with Crippen molar-refractivity contribution in [2.24, 2.45) is 0 Å². The molecule has 4 rings (SSSR count). The van der Waals surface area contributed by atoms with E-state index >= 15 is 0 Å². The van der Waals surface area contributed by atoms with E-state index < -0.39 is 0 Å². The quantitative estimate of drug-likeness (QED) is 0.219. The van der Waals surface area contributed by atoms with Crippen LogP contribution in [-0.4, -0.2) is 87.1 Å². The molecular formula is C38H59FN5O+. The molecule has 0 aliphatic carbocycles. The van der Waals surface area contributed by atoms with Crippen molar-refractivity contribution in [2.45, 2.75) is 66.7 Å². The van der Waals surface area contributed by atoms with Gasteiger partial charge in [0.15, 0.2) is 0 Å². The molecule has 0 spiro atoms. The SMILES string of the molecule is CC.CC.CC1CN(Cc2cccc(-c3cc(CNC(=O)c4cccc(CN(C)CCC[N+](C)(C)C)c4)ccc3F)c2)CCN1. The predicted octanol–water partition coefficient (Wildman–Crippen LogP) is 6.80. The number of nitrogens with one attached hydrogen (secondary N) is 2. The van der Waals surface area contributed by atoms with Crippen molar-refractivity contribution in [3.05, 3.63) is 94.8 Å². The van der Waals surface area contributed by atoms with Crippen molar-refractivity contribution in [3.63, 3.8) is 0 Å². The highest BCUT2D eigenvalue weighted by atomic mass is 19.1. The summed E-state index contributed by atoms with van der Waals surface area (Å²) in [7, 11) is 8.75. The summed E-state index contributed by atoms with van der Waals surface area (Å²) in [6.45, 7) is 17.3. The van der Waals surface area contributed by atoms with Crippen molar-refractivity contribution in [3.8, 4) is 11.1 Å². The van der Waals surface area contributed by atoms with E-state index in [0.717, 1.165) is 73.4 Å². The van der Waals surface area contributed by atoms with Gasteiger partial charge in [0.25, 0.3) is 5.91 Å². The fourth-order valence-electron chi connectivity index (χ4n) is 5.46. The van der Waals surface area contributed by atoms with Gasteiger partial charge in [-0.1, -0.05) is 64.1 Å². The van der Waals surface area contributed by atoms with Gasteiger partial charge in [-0.2, -0.15) is 0 Å². The molecule has 0 aromatic heterocycles. The average Bonchev–Trinajstić information content (AvgIpc) is 3.02. The second-order valence-corrected chi connectivity index (χ2v) is 12.6. The molecule has 1 heterocycles. The minimum Gasteiger partial charge on any atom is -0.348 e. The van der Waals surface area contributed by atoms with E-state index in [1.807, 2.05) is 64.1 Å². The van der Waals surface area contributed by atoms with E-state index in [1.54, 1.807) is 6.07 Å². The van der Waals surface area contributed by atoms with Crippen LogP contribution in [0.3, 0.4) is 0 Å². The predicted molar refractivity (Wildman–Crippen MR) is 189 cm³/mol. The fraction of sp³-hybridized carbons (Fsp3) is 0.500. The summed E-state index contributed by atoms with van der Waals surface area (Å²) in [5.74, 6) is -0.385. The molecule has 0 saturated carbocycles. The van der Waals surface area contributed by atoms with Crippen LogP contribution in [0.5, 0.6) is 0 Å². The Morgan fingerprint density at radius 1 is 0.978 bits per heavy atom. The first-order valence-corrected chi connectivity index (χ1v) is 16.8. The van der Waals surface area contributed by atoms with Gasteiger partial charge in [-0.25, -0.2) is 4.39 Å². The molecule has 1 amide bonds. The minimum absolute atomic E-state index is 0.127. The molecule has 3 aromatic rings. The second-order valence-electron chi connectivity index (χ2n) is 12.6. The standard InChI is InChI=1S/C34H46FN5O.2C2H6/c1-26-23-39(17-15-36-26)25-29-10-6-11-30(19-29)32-21-27(13-14-33(32)35)22-37-34(41)31-12-7-9-28(20-31)24-38(2)16-8-18-40(3,4)5;2*1-2/h6-7,9-14,19-21,26,36H,8,15-18,22-25H2,1-5H3;2*1-2H3/p+1. The fourth-order valence-corrected chi connectivity index (χ4v) is 5.46. The molecule has 7 heteroatoms. The van der Waals surface area contributed by atoms with Crippen LogP contribution in [0.4, 0.5) is 4.39 Å². The van der Waals surface area contributed by atoms with Gasteiger partial charge in [0.2, 0.25) is 0 Å². The third kappa shape index (κ3) is 13.4. The third-order valence-electron chi connectivity index (χ3n) is 7.59. The molecule has 6 nitrogen and oxygen atoms in total. The van der Waals surface area contributed by atoms with Crippen molar-refractivity contribution in [2.75, 3.05) is 60.9 Å². The number of amides is 1. The van der Waals surface area contributed by atoms with E-state index in [-0.39, 0.29) is 11.7 Å². The van der Waals surface area contributed by atoms with Gasteiger partial charge in [-0.05, 0) is 66.6 Å². The van der Waals surface area contributed by atoms with Crippen molar-refractivity contribution < 1.29 is 13.7 Å². The third-order valence-corrected chi connectivity index (χ3v) is 7.59. The molecule has 1 aliphatic heterocycles. The normalized spacial score (nSPS) is 15.0. The van der Waals surface area contributed by atoms with Crippen LogP contribution in [0.2, 0.25) is 0 Å². The van der Waals surface area contributed by atoms with Crippen LogP contribution in [0.15, 0.2) is 66.7 Å². The highest BCUT2D eigenvalue weighted by molar-refractivity contribution is 5.94. The van der Waals surface area contributed by atoms with Gasteiger partial charge in [0.05, 0.1) is 27.7 Å². The lowest BCUT2D eigenvalue weighted by Gasteiger charge is -2.31. The van der Waals surface area contributed by atoms with Gasteiger partial charge < -0.3 is 20.0 Å². The van der Waals surface area contributed by atoms with Gasteiger partial charge in [-0.3, -0.25) is 9.69 Å². The Bertz CT molecular complexity index is 1310. The summed E-state index contributed by atoms with van der Waals surface area (Å²) < 4.78 is 15.9. The number of piperazine rings is 1. The Kier molecular flexibility index (Phi) is 16.4. The molecule has 1 unspecified atom stereocenters. The van der Waals surface area contributed by atoms with Crippen LogP contribution in [0.1, 0.15) is 68.1 Å². The number of hydrogen-bond acceptors (Lipinski definition) is 4. The molecule has 1 saturated heterocycles. The van der Waals surface area contributed by atoms with Gasteiger partial charge in [0, 0.05) is 69.4 Å². The molecule has 45 heavy (non-hydrogen) atoms. The van der Waals surface area contributed by atoms with E-state index in [1.165, 1.54) is 11.6 Å². The molecule has 1 aliphatic rings. The first-order valence-electron chi connectivity index (χ1n) is 16.8. The molecule has 3 aromatic carbocycles. The van der Waals surface area contributed by atoms with E-state index in [4.69, 9.17) is 0 Å². The molecule has 1 fully saturated rings. The Labute approximate surface area is 273 Å². The topological polar surface area (TPSA) is 47.6 Å². The van der Waals surface area contributed by atoms with Crippen molar-refractivity contribution in [1.29, 1.82) is 0 Å². The Morgan fingerprint density at radius 3 is 2.40 bits per heavy atom. The zero-order valence-corrected chi connectivity index (χ0v) is 29.4. The number of carbonyl (C=O) groups is 1. The molecule has 1 atom stereocenters. The van der Waals surface area contributed by atoms with Crippen LogP contribution in [0, 0.1) is 5.82 Å². The number of halogens is 1. The van der Waals surface area contributed by atoms with E-state index in [0.29, 0.717) is 23.7 Å². The summed E-state index contributed by atoms with van der Waals surface area (Å²) >= 11 is 0. The average molecular weight is 621 g/mol. The van der Waals surface area contributed by atoms with E-state index in [2.05, 4.69) is 73.7 Å². The van der Waals surface area contributed by atoms with Crippen molar-refractivity contribution in [1.82, 2.24) is 20.4 Å². The lowest BCUT2D eigenvalue weighted by molar-refractivity contribution is -0.870. The second kappa shape index (κ2) is 19.4. The monoisotopic (exact) mass is 620 g/mol. The van der Waals surface area contributed by atoms with Crippen molar-refractivity contribution >= 4 is 5.91 Å². The zero-order valence-electron chi connectivity index (χ0n) is 29.4. The highest BCUT2D eigenvalue weighted by Gasteiger charge is 2.16.